The van der Waals surface area contributed by atoms with Crippen LogP contribution in [0.5, 0.6) is 0 Å². The molecule has 0 aliphatic carbocycles. The predicted octanol–water partition coefficient (Wildman–Crippen LogP) is 3.07. The van der Waals surface area contributed by atoms with E-state index in [1.165, 1.54) is 30.5 Å². The number of carbonyl (C=O) groups is 2. The fraction of sp³-hybridized carbons (Fsp3) is 0.267. The second-order valence-electron chi connectivity index (χ2n) is 4.81. The Balaban J connectivity index is 2.44. The molecule has 2 rings (SSSR count). The Kier molecular flexibility index (Phi) is 5.23. The number of rotatable bonds is 3. The number of carbonyl (C=O) groups excluding carboxylic acids is 2. The summed E-state index contributed by atoms with van der Waals surface area (Å²) in [5, 5.41) is 0. The Bertz CT molecular complexity index is 820. The zero-order valence-corrected chi connectivity index (χ0v) is 13.6. The summed E-state index contributed by atoms with van der Waals surface area (Å²) in [5.74, 6) is -0.911. The van der Waals surface area contributed by atoms with E-state index < -0.39 is 23.6 Å². The van der Waals surface area contributed by atoms with E-state index in [4.69, 9.17) is 4.74 Å². The van der Waals surface area contributed by atoms with Gasteiger partial charge in [0.2, 0.25) is 5.91 Å². The molecule has 0 atom stereocenters. The molecule has 0 bridgehead atoms. The van der Waals surface area contributed by atoms with Crippen LogP contribution in [0.15, 0.2) is 35.5 Å². The third-order valence-corrected chi connectivity index (χ3v) is 3.80. The Morgan fingerprint density at radius 2 is 1.83 bits per heavy atom. The maximum Gasteiger partial charge on any atom is 0.416 e. The first-order valence-electron chi connectivity index (χ1n) is 6.74. The Morgan fingerprint density at radius 3 is 2.33 bits per heavy atom. The van der Waals surface area contributed by atoms with Crippen molar-refractivity contribution in [3.63, 3.8) is 0 Å². The summed E-state index contributed by atoms with van der Waals surface area (Å²) in [4.78, 5) is 26.8. The number of ether oxygens (including phenoxy) is 1. The summed E-state index contributed by atoms with van der Waals surface area (Å²) in [5.41, 5.74) is -0.361. The number of halogens is 3. The number of thiazole rings is 1. The van der Waals surface area contributed by atoms with E-state index in [1.807, 2.05) is 0 Å². The van der Waals surface area contributed by atoms with Gasteiger partial charge >= 0.3 is 12.1 Å². The standard InChI is InChI=1S/C15H13F3N2O3S/c1-9(21)19-14-20(7-13(24-14)8-23-10(2)22)12-5-3-11(4-6-12)15(16,17)18/h3-7H,8H2,1-2H3. The Hall–Kier alpha value is -2.42. The van der Waals surface area contributed by atoms with Gasteiger partial charge in [-0.2, -0.15) is 18.2 Å². The normalized spacial score (nSPS) is 12.3. The van der Waals surface area contributed by atoms with Crippen molar-refractivity contribution in [2.45, 2.75) is 26.6 Å². The first-order valence-corrected chi connectivity index (χ1v) is 7.56. The van der Waals surface area contributed by atoms with Crippen LogP contribution < -0.4 is 4.80 Å². The van der Waals surface area contributed by atoms with E-state index in [2.05, 4.69) is 4.99 Å². The van der Waals surface area contributed by atoms with Crippen LogP contribution in [-0.2, 0) is 27.1 Å². The minimum Gasteiger partial charge on any atom is -0.460 e. The molecule has 0 saturated heterocycles. The maximum atomic E-state index is 12.6. The Morgan fingerprint density at radius 1 is 1.21 bits per heavy atom. The molecule has 0 N–H and O–H groups in total. The molecule has 1 amide bonds. The average Bonchev–Trinajstić information content (AvgIpc) is 2.86. The van der Waals surface area contributed by atoms with Crippen LogP contribution in [0, 0.1) is 0 Å². The molecule has 0 aliphatic rings. The van der Waals surface area contributed by atoms with Crippen molar-refractivity contribution in [1.82, 2.24) is 4.57 Å². The van der Waals surface area contributed by atoms with Crippen molar-refractivity contribution >= 4 is 23.2 Å². The number of amides is 1. The SMILES string of the molecule is CC(=O)N=c1sc(COC(C)=O)cn1-c1ccc(C(F)(F)F)cc1. The topological polar surface area (TPSA) is 60.7 Å². The second-order valence-corrected chi connectivity index (χ2v) is 5.90. The summed E-state index contributed by atoms with van der Waals surface area (Å²) in [7, 11) is 0. The first-order chi connectivity index (χ1) is 11.2. The lowest BCUT2D eigenvalue weighted by Crippen LogP contribution is -2.14. The molecule has 1 heterocycles. The van der Waals surface area contributed by atoms with Crippen molar-refractivity contribution in [3.8, 4) is 5.69 Å². The van der Waals surface area contributed by atoms with Crippen LogP contribution in [0.3, 0.4) is 0 Å². The molecule has 1 aromatic heterocycles. The van der Waals surface area contributed by atoms with E-state index >= 15 is 0 Å². The highest BCUT2D eigenvalue weighted by Gasteiger charge is 2.30. The summed E-state index contributed by atoms with van der Waals surface area (Å²) in [6, 6.07) is 4.46. The first kappa shape index (κ1) is 17.9. The van der Waals surface area contributed by atoms with Gasteiger partial charge in [0.1, 0.15) is 6.61 Å². The number of alkyl halides is 3. The van der Waals surface area contributed by atoms with Gasteiger partial charge in [-0.15, -0.1) is 0 Å². The van der Waals surface area contributed by atoms with Crippen LogP contribution in [0.1, 0.15) is 24.3 Å². The van der Waals surface area contributed by atoms with E-state index in [-0.39, 0.29) is 11.4 Å². The number of hydrogen-bond acceptors (Lipinski definition) is 4. The fourth-order valence-electron chi connectivity index (χ4n) is 1.84. The molecule has 0 aliphatic heterocycles. The van der Waals surface area contributed by atoms with Gasteiger partial charge in [-0.1, -0.05) is 11.3 Å². The molecule has 0 radical (unpaired) electrons. The quantitative estimate of drug-likeness (QED) is 0.793. The molecule has 0 saturated carbocycles. The van der Waals surface area contributed by atoms with Gasteiger partial charge in [-0.05, 0) is 24.3 Å². The third kappa shape index (κ3) is 4.54. The van der Waals surface area contributed by atoms with Crippen LogP contribution in [0.25, 0.3) is 5.69 Å². The number of esters is 1. The molecule has 0 spiro atoms. The molecule has 128 valence electrons. The second kappa shape index (κ2) is 7.00. The van der Waals surface area contributed by atoms with Gasteiger partial charge in [0.15, 0.2) is 4.80 Å². The molecule has 24 heavy (non-hydrogen) atoms. The lowest BCUT2D eigenvalue weighted by atomic mass is 10.2. The summed E-state index contributed by atoms with van der Waals surface area (Å²) < 4.78 is 44.3. The molecular weight excluding hydrogens is 345 g/mol. The van der Waals surface area contributed by atoms with Gasteiger partial charge in [-0.25, -0.2) is 0 Å². The summed E-state index contributed by atoms with van der Waals surface area (Å²) in [6.07, 6.45) is -2.86. The number of aromatic nitrogens is 1. The largest absolute Gasteiger partial charge is 0.460 e. The number of benzene rings is 1. The van der Waals surface area contributed by atoms with Crippen molar-refractivity contribution in [1.29, 1.82) is 0 Å². The van der Waals surface area contributed by atoms with Gasteiger partial charge in [-0.3, -0.25) is 14.2 Å². The lowest BCUT2D eigenvalue weighted by Gasteiger charge is -2.08. The van der Waals surface area contributed by atoms with E-state index in [0.29, 0.717) is 10.6 Å². The zero-order chi connectivity index (χ0) is 17.9. The zero-order valence-electron chi connectivity index (χ0n) is 12.8. The van der Waals surface area contributed by atoms with Gasteiger partial charge in [0.25, 0.3) is 0 Å². The highest BCUT2D eigenvalue weighted by Crippen LogP contribution is 2.29. The Labute approximate surface area is 139 Å². The van der Waals surface area contributed by atoms with E-state index in [9.17, 15) is 22.8 Å². The van der Waals surface area contributed by atoms with E-state index in [1.54, 1.807) is 6.20 Å². The predicted molar refractivity (Wildman–Crippen MR) is 80.4 cm³/mol. The van der Waals surface area contributed by atoms with Gasteiger partial charge < -0.3 is 4.74 Å². The summed E-state index contributed by atoms with van der Waals surface area (Å²) in [6.45, 7) is 2.52. The molecule has 9 heteroatoms. The minimum atomic E-state index is -4.43. The monoisotopic (exact) mass is 358 g/mol. The van der Waals surface area contributed by atoms with Crippen LogP contribution >= 0.6 is 11.3 Å². The number of nitrogens with zero attached hydrogens (tertiary/aromatic N) is 2. The maximum absolute atomic E-state index is 12.6. The molecular formula is C15H13F3N2O3S. The smallest absolute Gasteiger partial charge is 0.416 e. The van der Waals surface area contributed by atoms with Gasteiger partial charge in [0.05, 0.1) is 10.4 Å². The average molecular weight is 358 g/mol. The molecule has 0 unspecified atom stereocenters. The number of hydrogen-bond donors (Lipinski definition) is 0. The lowest BCUT2D eigenvalue weighted by molar-refractivity contribution is -0.142. The van der Waals surface area contributed by atoms with Crippen molar-refractivity contribution in [2.75, 3.05) is 0 Å². The third-order valence-electron chi connectivity index (χ3n) is 2.85. The van der Waals surface area contributed by atoms with Crippen LogP contribution in [-0.4, -0.2) is 16.4 Å². The highest BCUT2D eigenvalue weighted by molar-refractivity contribution is 7.09. The molecule has 0 fully saturated rings. The van der Waals surface area contributed by atoms with Crippen molar-refractivity contribution < 1.29 is 27.5 Å². The van der Waals surface area contributed by atoms with Crippen molar-refractivity contribution in [3.05, 3.63) is 45.7 Å². The van der Waals surface area contributed by atoms with E-state index in [0.717, 1.165) is 23.5 Å². The highest BCUT2D eigenvalue weighted by atomic mass is 32.1. The minimum absolute atomic E-state index is 0.00589. The summed E-state index contributed by atoms with van der Waals surface area (Å²) >= 11 is 1.11. The van der Waals surface area contributed by atoms with Crippen LogP contribution in [0.2, 0.25) is 0 Å². The molecule has 2 aromatic rings. The fourth-order valence-corrected chi connectivity index (χ4v) is 2.78. The molecule has 1 aromatic carbocycles. The van der Waals surface area contributed by atoms with Gasteiger partial charge in [0, 0.05) is 25.7 Å². The van der Waals surface area contributed by atoms with Crippen molar-refractivity contribution in [2.24, 2.45) is 4.99 Å². The molecule has 5 nitrogen and oxygen atoms in total. The van der Waals surface area contributed by atoms with Crippen LogP contribution in [0.4, 0.5) is 13.2 Å².